The highest BCUT2D eigenvalue weighted by atomic mass is 16.5. The van der Waals surface area contributed by atoms with Gasteiger partial charge in [0.2, 0.25) is 5.91 Å². The van der Waals surface area contributed by atoms with E-state index in [0.29, 0.717) is 0 Å². The molecule has 1 fully saturated rings. The van der Waals surface area contributed by atoms with Crippen molar-refractivity contribution in [2.24, 2.45) is 0 Å². The number of esters is 1. The molecule has 1 aromatic carbocycles. The number of ether oxygens (including phenoxy) is 1. The van der Waals surface area contributed by atoms with Crippen molar-refractivity contribution < 1.29 is 19.1 Å². The monoisotopic (exact) mass is 318 g/mol. The smallest absolute Gasteiger partial charge is 0.309 e. The molecule has 0 saturated heterocycles. The minimum Gasteiger partial charge on any atom is -0.452 e. The second-order valence-corrected chi connectivity index (χ2v) is 5.78. The minimum absolute atomic E-state index is 0.0232. The molecule has 0 bridgehead atoms. The van der Waals surface area contributed by atoms with E-state index >= 15 is 0 Å². The van der Waals surface area contributed by atoms with Crippen LogP contribution in [0.4, 0.5) is 0 Å². The van der Waals surface area contributed by atoms with Gasteiger partial charge in [-0.15, -0.1) is 0 Å². The number of amides is 2. The summed E-state index contributed by atoms with van der Waals surface area (Å²) in [5.41, 5.74) is 0.815. The Kier molecular flexibility index (Phi) is 5.73. The van der Waals surface area contributed by atoms with Crippen LogP contribution in [0.3, 0.4) is 0 Å². The number of carbonyl (C=O) groups excluding carboxylic acids is 3. The first-order valence-corrected chi connectivity index (χ1v) is 7.77. The van der Waals surface area contributed by atoms with Crippen LogP contribution in [0.25, 0.3) is 0 Å². The van der Waals surface area contributed by atoms with Gasteiger partial charge in [-0.25, -0.2) is 0 Å². The van der Waals surface area contributed by atoms with E-state index in [1.54, 1.807) is 6.92 Å². The maximum Gasteiger partial charge on any atom is 0.309 e. The van der Waals surface area contributed by atoms with E-state index in [1.807, 2.05) is 30.3 Å². The number of nitrogens with one attached hydrogen (secondary N) is 2. The van der Waals surface area contributed by atoms with E-state index in [1.165, 1.54) is 6.92 Å². The molecule has 124 valence electrons. The average molecular weight is 318 g/mol. The topological polar surface area (TPSA) is 84.5 Å². The Balaban J connectivity index is 1.91. The van der Waals surface area contributed by atoms with Gasteiger partial charge in [-0.2, -0.15) is 0 Å². The highest BCUT2D eigenvalue weighted by Gasteiger charge is 2.28. The zero-order valence-electron chi connectivity index (χ0n) is 13.4. The first kappa shape index (κ1) is 17.0. The third-order valence-corrected chi connectivity index (χ3v) is 3.55. The Labute approximate surface area is 135 Å². The van der Waals surface area contributed by atoms with Crippen molar-refractivity contribution in [2.45, 2.75) is 51.3 Å². The summed E-state index contributed by atoms with van der Waals surface area (Å²) in [5, 5.41) is 5.52. The van der Waals surface area contributed by atoms with Gasteiger partial charge in [0.05, 0.1) is 12.5 Å². The van der Waals surface area contributed by atoms with Gasteiger partial charge in [-0.05, 0) is 25.3 Å². The quantitative estimate of drug-likeness (QED) is 0.746. The SMILES string of the molecule is CC(=O)N[C@@H](CC(=O)O[C@@H](C)C(=O)NC1CC1)c1ccccc1. The van der Waals surface area contributed by atoms with Gasteiger partial charge >= 0.3 is 5.97 Å². The van der Waals surface area contributed by atoms with Gasteiger partial charge in [0.25, 0.3) is 5.91 Å². The molecule has 0 heterocycles. The molecule has 6 heteroatoms. The van der Waals surface area contributed by atoms with Crippen LogP contribution >= 0.6 is 0 Å². The van der Waals surface area contributed by atoms with Crippen LogP contribution in [-0.2, 0) is 19.1 Å². The Morgan fingerprint density at radius 2 is 1.87 bits per heavy atom. The first-order chi connectivity index (χ1) is 11.0. The predicted molar refractivity (Wildman–Crippen MR) is 84.3 cm³/mol. The van der Waals surface area contributed by atoms with Crippen LogP contribution in [0.15, 0.2) is 30.3 Å². The number of hydrogen-bond donors (Lipinski definition) is 2. The second kappa shape index (κ2) is 7.76. The fourth-order valence-corrected chi connectivity index (χ4v) is 2.19. The van der Waals surface area contributed by atoms with Crippen molar-refractivity contribution in [3.8, 4) is 0 Å². The number of hydrogen-bond acceptors (Lipinski definition) is 4. The third kappa shape index (κ3) is 5.73. The summed E-state index contributed by atoms with van der Waals surface area (Å²) < 4.78 is 5.17. The van der Waals surface area contributed by atoms with Crippen LogP contribution in [0, 0.1) is 0 Å². The lowest BCUT2D eigenvalue weighted by Crippen LogP contribution is -2.37. The van der Waals surface area contributed by atoms with E-state index in [2.05, 4.69) is 10.6 Å². The maximum absolute atomic E-state index is 12.1. The Morgan fingerprint density at radius 1 is 1.22 bits per heavy atom. The van der Waals surface area contributed by atoms with Crippen LogP contribution < -0.4 is 10.6 Å². The highest BCUT2D eigenvalue weighted by molar-refractivity contribution is 5.84. The normalized spacial score (nSPS) is 16.1. The molecule has 0 spiro atoms. The van der Waals surface area contributed by atoms with Gasteiger partial charge in [0, 0.05) is 13.0 Å². The van der Waals surface area contributed by atoms with Crippen molar-refractivity contribution in [3.05, 3.63) is 35.9 Å². The molecule has 1 saturated carbocycles. The van der Waals surface area contributed by atoms with Gasteiger partial charge in [0.1, 0.15) is 0 Å². The largest absolute Gasteiger partial charge is 0.452 e. The molecule has 0 aromatic heterocycles. The molecule has 2 atom stereocenters. The van der Waals surface area contributed by atoms with Crippen molar-refractivity contribution in [1.82, 2.24) is 10.6 Å². The van der Waals surface area contributed by atoms with E-state index in [0.717, 1.165) is 18.4 Å². The zero-order valence-corrected chi connectivity index (χ0v) is 13.4. The molecule has 0 radical (unpaired) electrons. The van der Waals surface area contributed by atoms with Crippen molar-refractivity contribution in [2.75, 3.05) is 0 Å². The van der Waals surface area contributed by atoms with Crippen LogP contribution in [-0.4, -0.2) is 29.9 Å². The summed E-state index contributed by atoms with van der Waals surface area (Å²) in [6.07, 6.45) is 1.09. The molecule has 1 aromatic rings. The van der Waals surface area contributed by atoms with Crippen LogP contribution in [0.1, 0.15) is 44.7 Å². The molecule has 0 unspecified atom stereocenters. The van der Waals surface area contributed by atoms with E-state index in [9.17, 15) is 14.4 Å². The number of carbonyl (C=O) groups is 3. The van der Waals surface area contributed by atoms with Crippen molar-refractivity contribution in [3.63, 3.8) is 0 Å². The maximum atomic E-state index is 12.1. The summed E-state index contributed by atoms with van der Waals surface area (Å²) >= 11 is 0. The second-order valence-electron chi connectivity index (χ2n) is 5.78. The van der Waals surface area contributed by atoms with E-state index < -0.39 is 18.1 Å². The van der Waals surface area contributed by atoms with Gasteiger partial charge in [-0.1, -0.05) is 30.3 Å². The molecule has 6 nitrogen and oxygen atoms in total. The molecule has 2 N–H and O–H groups in total. The van der Waals surface area contributed by atoms with Crippen LogP contribution in [0.5, 0.6) is 0 Å². The third-order valence-electron chi connectivity index (χ3n) is 3.55. The standard InChI is InChI=1S/C17H22N2O4/c1-11(17(22)19-14-8-9-14)23-16(21)10-15(18-12(2)20)13-6-4-3-5-7-13/h3-7,11,14-15H,8-10H2,1-2H3,(H,18,20)(H,19,22)/t11-,15-/m0/s1. The number of rotatable bonds is 7. The fraction of sp³-hybridized carbons (Fsp3) is 0.471. The molecule has 23 heavy (non-hydrogen) atoms. The van der Waals surface area contributed by atoms with Gasteiger partial charge in [-0.3, -0.25) is 14.4 Å². The summed E-state index contributed by atoms with van der Waals surface area (Å²) in [4.78, 5) is 35.2. The summed E-state index contributed by atoms with van der Waals surface area (Å²) in [6, 6.07) is 8.94. The van der Waals surface area contributed by atoms with E-state index in [4.69, 9.17) is 4.74 Å². The van der Waals surface area contributed by atoms with Crippen molar-refractivity contribution in [1.29, 1.82) is 0 Å². The average Bonchev–Trinajstić information content (AvgIpc) is 3.30. The number of benzene rings is 1. The molecule has 2 amide bonds. The zero-order chi connectivity index (χ0) is 16.8. The Hall–Kier alpha value is -2.37. The minimum atomic E-state index is -0.836. The Bertz CT molecular complexity index is 569. The first-order valence-electron chi connectivity index (χ1n) is 7.77. The van der Waals surface area contributed by atoms with Gasteiger partial charge in [0.15, 0.2) is 6.10 Å². The fourth-order valence-electron chi connectivity index (χ4n) is 2.19. The highest BCUT2D eigenvalue weighted by Crippen LogP contribution is 2.20. The van der Waals surface area contributed by atoms with Crippen LogP contribution in [0.2, 0.25) is 0 Å². The van der Waals surface area contributed by atoms with Crippen molar-refractivity contribution >= 4 is 17.8 Å². The predicted octanol–water partition coefficient (Wildman–Crippen LogP) is 1.46. The van der Waals surface area contributed by atoms with E-state index in [-0.39, 0.29) is 24.3 Å². The lowest BCUT2D eigenvalue weighted by atomic mass is 10.0. The summed E-state index contributed by atoms with van der Waals surface area (Å²) in [7, 11) is 0. The summed E-state index contributed by atoms with van der Waals surface area (Å²) in [6.45, 7) is 2.94. The Morgan fingerprint density at radius 3 is 2.43 bits per heavy atom. The summed E-state index contributed by atoms with van der Waals surface area (Å²) in [5.74, 6) is -1.03. The lowest BCUT2D eigenvalue weighted by molar-refractivity contribution is -0.155. The molecular weight excluding hydrogens is 296 g/mol. The van der Waals surface area contributed by atoms with Gasteiger partial charge < -0.3 is 15.4 Å². The lowest BCUT2D eigenvalue weighted by Gasteiger charge is -2.19. The molecule has 1 aliphatic carbocycles. The molecular formula is C17H22N2O4. The molecule has 2 rings (SSSR count). The molecule has 1 aliphatic rings. The molecule has 0 aliphatic heterocycles.